The highest BCUT2D eigenvalue weighted by atomic mass is 32.2. The predicted molar refractivity (Wildman–Crippen MR) is 99.4 cm³/mol. The Hall–Kier alpha value is -1.76. The molecule has 1 amide bonds. The fourth-order valence-corrected chi connectivity index (χ4v) is 3.47. The average molecular weight is 368 g/mol. The number of sulfonamides is 1. The van der Waals surface area contributed by atoms with Crippen LogP contribution in [0.4, 0.5) is 5.69 Å². The molecule has 6 nitrogen and oxygen atoms in total. The number of benzene rings is 1. The van der Waals surface area contributed by atoms with Gasteiger partial charge < -0.3 is 10.1 Å². The molecule has 1 aromatic carbocycles. The number of hydrogen-bond acceptors (Lipinski definition) is 4. The van der Waals surface area contributed by atoms with Crippen molar-refractivity contribution in [2.24, 2.45) is 5.92 Å². The Kier molecular flexibility index (Phi) is 6.70. The molecule has 0 aromatic heterocycles. The van der Waals surface area contributed by atoms with E-state index in [2.05, 4.69) is 5.32 Å². The summed E-state index contributed by atoms with van der Waals surface area (Å²) in [5, 5.41) is 2.97. The highest BCUT2D eigenvalue weighted by Crippen LogP contribution is 2.23. The minimum absolute atomic E-state index is 0.122. The van der Waals surface area contributed by atoms with Crippen molar-refractivity contribution in [3.05, 3.63) is 24.3 Å². The van der Waals surface area contributed by atoms with Crippen LogP contribution in [0.3, 0.4) is 0 Å². The van der Waals surface area contributed by atoms with Crippen LogP contribution in [0.2, 0.25) is 0 Å². The zero-order valence-electron chi connectivity index (χ0n) is 15.2. The van der Waals surface area contributed by atoms with E-state index >= 15 is 0 Å². The van der Waals surface area contributed by atoms with Gasteiger partial charge in [0.1, 0.15) is 5.75 Å². The molecule has 0 bridgehead atoms. The summed E-state index contributed by atoms with van der Waals surface area (Å²) < 4.78 is 29.9. The first kappa shape index (κ1) is 19.6. The van der Waals surface area contributed by atoms with Gasteiger partial charge in [0.05, 0.1) is 11.9 Å². The third-order valence-corrected chi connectivity index (χ3v) is 5.88. The lowest BCUT2D eigenvalue weighted by atomic mass is 9.89. The first-order valence-corrected chi connectivity index (χ1v) is 10.6. The van der Waals surface area contributed by atoms with E-state index in [4.69, 9.17) is 4.74 Å². The fourth-order valence-electron chi connectivity index (χ4n) is 2.96. The second-order valence-electron chi connectivity index (χ2n) is 6.73. The van der Waals surface area contributed by atoms with Crippen molar-refractivity contribution in [2.75, 3.05) is 24.2 Å². The average Bonchev–Trinajstić information content (AvgIpc) is 2.59. The molecule has 7 heteroatoms. The maximum Gasteiger partial charge on any atom is 0.260 e. The van der Waals surface area contributed by atoms with Gasteiger partial charge >= 0.3 is 0 Å². The van der Waals surface area contributed by atoms with E-state index in [0.717, 1.165) is 6.26 Å². The molecule has 0 radical (unpaired) electrons. The number of amides is 1. The van der Waals surface area contributed by atoms with Crippen LogP contribution in [0.15, 0.2) is 24.3 Å². The van der Waals surface area contributed by atoms with Gasteiger partial charge in [-0.3, -0.25) is 9.10 Å². The molecule has 1 aromatic rings. The summed E-state index contributed by atoms with van der Waals surface area (Å²) in [6.07, 6.45) is 6.73. The number of carbonyl (C=O) groups excluding carboxylic acids is 1. The monoisotopic (exact) mass is 368 g/mol. The van der Waals surface area contributed by atoms with Crippen molar-refractivity contribution in [1.29, 1.82) is 0 Å². The molecular formula is C18H28N2O4S. The Morgan fingerprint density at radius 2 is 1.84 bits per heavy atom. The van der Waals surface area contributed by atoms with Crippen LogP contribution in [-0.2, 0) is 14.8 Å². The van der Waals surface area contributed by atoms with Crippen LogP contribution in [0, 0.1) is 5.92 Å². The molecule has 0 aliphatic heterocycles. The van der Waals surface area contributed by atoms with Crippen LogP contribution < -0.4 is 14.4 Å². The maximum atomic E-state index is 12.2. The number of anilines is 1. The molecular weight excluding hydrogens is 340 g/mol. The van der Waals surface area contributed by atoms with Gasteiger partial charge in [0.15, 0.2) is 6.10 Å². The maximum absolute atomic E-state index is 12.2. The summed E-state index contributed by atoms with van der Waals surface area (Å²) >= 11 is 0. The Labute approximate surface area is 150 Å². The topological polar surface area (TPSA) is 75.7 Å². The zero-order chi connectivity index (χ0) is 18.4. The van der Waals surface area contributed by atoms with Gasteiger partial charge in [0.25, 0.3) is 5.91 Å². The summed E-state index contributed by atoms with van der Waals surface area (Å²) in [5.41, 5.74) is 0.546. The summed E-state index contributed by atoms with van der Waals surface area (Å²) in [7, 11) is -1.80. The molecule has 1 fully saturated rings. The van der Waals surface area contributed by atoms with E-state index in [9.17, 15) is 13.2 Å². The van der Waals surface area contributed by atoms with Gasteiger partial charge in [-0.25, -0.2) is 8.42 Å². The second-order valence-corrected chi connectivity index (χ2v) is 8.75. The molecule has 0 unspecified atom stereocenters. The quantitative estimate of drug-likeness (QED) is 0.802. The molecule has 1 saturated carbocycles. The van der Waals surface area contributed by atoms with Crippen LogP contribution in [0.5, 0.6) is 5.75 Å². The third kappa shape index (κ3) is 5.92. The molecule has 1 aliphatic carbocycles. The number of ether oxygens (including phenoxy) is 1. The van der Waals surface area contributed by atoms with Crippen molar-refractivity contribution in [3.8, 4) is 5.75 Å². The van der Waals surface area contributed by atoms with E-state index in [1.54, 1.807) is 31.2 Å². The van der Waals surface area contributed by atoms with Crippen molar-refractivity contribution < 1.29 is 17.9 Å². The fraction of sp³-hybridized carbons (Fsp3) is 0.611. The molecule has 0 saturated heterocycles. The highest BCUT2D eigenvalue weighted by molar-refractivity contribution is 7.92. The molecule has 2 rings (SSSR count). The number of hydrogen-bond donors (Lipinski definition) is 1. The molecule has 1 N–H and O–H groups in total. The van der Waals surface area contributed by atoms with Gasteiger partial charge in [-0.05, 0) is 49.9 Å². The second kappa shape index (κ2) is 8.56. The van der Waals surface area contributed by atoms with Crippen LogP contribution in [0.25, 0.3) is 0 Å². The van der Waals surface area contributed by atoms with Crippen molar-refractivity contribution in [1.82, 2.24) is 5.32 Å². The molecule has 140 valence electrons. The van der Waals surface area contributed by atoms with Crippen LogP contribution >= 0.6 is 0 Å². The summed E-state index contributed by atoms with van der Waals surface area (Å²) in [6.45, 7) is 2.43. The third-order valence-electron chi connectivity index (χ3n) is 4.67. The Bertz CT molecular complexity index is 667. The highest BCUT2D eigenvalue weighted by Gasteiger charge is 2.18. The standard InChI is InChI=1S/C18H28N2O4S/c1-14(18(21)19-13-15-7-5-4-6-8-15)24-17-11-9-16(10-12-17)20(2)25(3,22)23/h9-12,14-15H,4-8,13H2,1-3H3,(H,19,21)/t14-/m0/s1. The number of nitrogens with zero attached hydrogens (tertiary/aromatic N) is 1. The first-order valence-electron chi connectivity index (χ1n) is 8.75. The lowest BCUT2D eigenvalue weighted by Gasteiger charge is -2.23. The van der Waals surface area contributed by atoms with Crippen molar-refractivity contribution >= 4 is 21.6 Å². The predicted octanol–water partition coefficient (Wildman–Crippen LogP) is 2.55. The van der Waals surface area contributed by atoms with Gasteiger partial charge in [-0.2, -0.15) is 0 Å². The van der Waals surface area contributed by atoms with Crippen LogP contribution in [-0.4, -0.2) is 40.3 Å². The summed E-state index contributed by atoms with van der Waals surface area (Å²) in [6, 6.07) is 6.65. The number of carbonyl (C=O) groups is 1. The molecule has 25 heavy (non-hydrogen) atoms. The van der Waals surface area contributed by atoms with E-state index in [-0.39, 0.29) is 5.91 Å². The minimum atomic E-state index is -3.29. The van der Waals surface area contributed by atoms with Crippen molar-refractivity contribution in [2.45, 2.75) is 45.1 Å². The van der Waals surface area contributed by atoms with E-state index in [0.29, 0.717) is 23.9 Å². The van der Waals surface area contributed by atoms with E-state index in [1.807, 2.05) is 0 Å². The van der Waals surface area contributed by atoms with E-state index < -0.39 is 16.1 Å². The van der Waals surface area contributed by atoms with Gasteiger partial charge in [-0.1, -0.05) is 19.3 Å². The van der Waals surface area contributed by atoms with Gasteiger partial charge in [0.2, 0.25) is 10.0 Å². The van der Waals surface area contributed by atoms with E-state index in [1.165, 1.54) is 43.5 Å². The lowest BCUT2D eigenvalue weighted by molar-refractivity contribution is -0.127. The lowest BCUT2D eigenvalue weighted by Crippen LogP contribution is -2.39. The largest absolute Gasteiger partial charge is 0.481 e. The molecule has 1 atom stereocenters. The van der Waals surface area contributed by atoms with Crippen molar-refractivity contribution in [3.63, 3.8) is 0 Å². The smallest absolute Gasteiger partial charge is 0.260 e. The number of rotatable bonds is 7. The Balaban J connectivity index is 1.84. The first-order chi connectivity index (χ1) is 11.8. The van der Waals surface area contributed by atoms with Gasteiger partial charge in [0, 0.05) is 13.6 Å². The molecule has 0 spiro atoms. The SMILES string of the molecule is C[C@H](Oc1ccc(N(C)S(C)(=O)=O)cc1)C(=O)NCC1CCCCC1. The summed E-state index contributed by atoms with van der Waals surface area (Å²) in [5.74, 6) is 0.990. The van der Waals surface area contributed by atoms with Gasteiger partial charge in [-0.15, -0.1) is 0 Å². The Morgan fingerprint density at radius 1 is 1.24 bits per heavy atom. The molecule has 0 heterocycles. The number of nitrogens with one attached hydrogen (secondary N) is 1. The Morgan fingerprint density at radius 3 is 2.40 bits per heavy atom. The minimum Gasteiger partial charge on any atom is -0.481 e. The normalized spacial score (nSPS) is 16.9. The van der Waals surface area contributed by atoms with Crippen LogP contribution in [0.1, 0.15) is 39.0 Å². The molecule has 1 aliphatic rings. The zero-order valence-corrected chi connectivity index (χ0v) is 16.0. The summed E-state index contributed by atoms with van der Waals surface area (Å²) in [4.78, 5) is 12.2.